The van der Waals surface area contributed by atoms with Crippen LogP contribution in [0.5, 0.6) is 0 Å². The van der Waals surface area contributed by atoms with Crippen molar-refractivity contribution in [2.45, 2.75) is 75.7 Å². The molecule has 1 aliphatic heterocycles. The van der Waals surface area contributed by atoms with Gasteiger partial charge < -0.3 is 42.9 Å². The Morgan fingerprint density at radius 1 is 0.970 bits per heavy atom. The summed E-state index contributed by atoms with van der Waals surface area (Å²) < 4.78 is 0. The van der Waals surface area contributed by atoms with Crippen LogP contribution in [0.1, 0.15) is 45.4 Å². The molecule has 33 heavy (non-hydrogen) atoms. The predicted octanol–water partition coefficient (Wildman–Crippen LogP) is -3.73. The van der Waals surface area contributed by atoms with Crippen molar-refractivity contribution in [1.29, 1.82) is 0 Å². The third-order valence-corrected chi connectivity index (χ3v) is 5.25. The van der Waals surface area contributed by atoms with Gasteiger partial charge in [0.1, 0.15) is 24.2 Å². The summed E-state index contributed by atoms with van der Waals surface area (Å²) in [6.07, 6.45) is -1.51. The number of nitrogens with two attached hydrogens (primary N) is 3. The fraction of sp³-hybridized carbons (Fsp3) is 0.684. The normalized spacial score (nSPS) is 19.1. The lowest BCUT2D eigenvalue weighted by molar-refractivity contribution is -0.149. The number of hydrogen-bond donors (Lipinski definition) is 7. The highest BCUT2D eigenvalue weighted by molar-refractivity contribution is 5.95. The molecule has 186 valence electrons. The van der Waals surface area contributed by atoms with Crippen LogP contribution >= 0.6 is 0 Å². The quantitative estimate of drug-likeness (QED) is 0.139. The number of carbonyl (C=O) groups excluding carboxylic acids is 5. The van der Waals surface area contributed by atoms with Crippen LogP contribution in [-0.2, 0) is 28.8 Å². The minimum atomic E-state index is -1.36. The Morgan fingerprint density at radius 2 is 1.48 bits per heavy atom. The molecule has 0 spiro atoms. The molecule has 1 fully saturated rings. The van der Waals surface area contributed by atoms with Crippen molar-refractivity contribution >= 4 is 35.5 Å². The molecule has 1 rings (SSSR count). The molecular formula is C19H32N6O8. The number of aliphatic hydroxyl groups is 1. The molecule has 1 saturated heterocycles. The van der Waals surface area contributed by atoms with Crippen molar-refractivity contribution in [1.82, 2.24) is 15.5 Å². The molecule has 0 aromatic carbocycles. The van der Waals surface area contributed by atoms with Crippen LogP contribution in [0.15, 0.2) is 0 Å². The molecule has 5 unspecified atom stereocenters. The van der Waals surface area contributed by atoms with Gasteiger partial charge in [-0.05, 0) is 32.6 Å². The molecule has 0 bridgehead atoms. The standard InChI is InChI=1S/C19H32N6O8/c1-9(26)15(22)17(30)23-10(4-6-13(20)27)16(29)24-11(5-7-14(21)28)18(31)25-8-2-3-12(25)19(32)33/h9-12,15,26H,2-8,22H2,1H3,(H2,20,27)(H2,21,28)(H,23,30)(H,24,29)(H,32,33). The van der Waals surface area contributed by atoms with E-state index in [0.29, 0.717) is 6.42 Å². The first-order valence-corrected chi connectivity index (χ1v) is 10.5. The first kappa shape index (κ1) is 27.8. The lowest BCUT2D eigenvalue weighted by Gasteiger charge is -2.29. The molecule has 0 aliphatic carbocycles. The molecule has 14 nitrogen and oxygen atoms in total. The second-order valence-corrected chi connectivity index (χ2v) is 7.93. The third-order valence-electron chi connectivity index (χ3n) is 5.25. The van der Waals surface area contributed by atoms with E-state index in [4.69, 9.17) is 17.2 Å². The zero-order valence-electron chi connectivity index (χ0n) is 18.4. The number of likely N-dealkylation sites (tertiary alicyclic amines) is 1. The lowest BCUT2D eigenvalue weighted by Crippen LogP contribution is -2.58. The van der Waals surface area contributed by atoms with E-state index < -0.39 is 65.8 Å². The predicted molar refractivity (Wildman–Crippen MR) is 113 cm³/mol. The number of carboxylic acid groups (broad SMARTS) is 1. The van der Waals surface area contributed by atoms with E-state index in [9.17, 15) is 39.0 Å². The minimum absolute atomic E-state index is 0.157. The summed E-state index contributed by atoms with van der Waals surface area (Å²) in [6.45, 7) is 1.43. The summed E-state index contributed by atoms with van der Waals surface area (Å²) in [5, 5.41) is 23.5. The molecule has 0 aromatic rings. The molecule has 0 aromatic heterocycles. The number of amides is 5. The lowest BCUT2D eigenvalue weighted by atomic mass is 10.1. The number of nitrogens with one attached hydrogen (secondary N) is 2. The van der Waals surface area contributed by atoms with Gasteiger partial charge in [0.2, 0.25) is 29.5 Å². The molecule has 10 N–H and O–H groups in total. The molecule has 0 saturated carbocycles. The Hall–Kier alpha value is -3.26. The summed E-state index contributed by atoms with van der Waals surface area (Å²) >= 11 is 0. The fourth-order valence-electron chi connectivity index (χ4n) is 3.35. The third kappa shape index (κ3) is 8.65. The van der Waals surface area contributed by atoms with Gasteiger partial charge in [-0.15, -0.1) is 0 Å². The first-order chi connectivity index (χ1) is 15.3. The zero-order chi connectivity index (χ0) is 25.3. The Balaban J connectivity index is 3.05. The Labute approximate surface area is 190 Å². The number of aliphatic hydroxyl groups excluding tert-OH is 1. The van der Waals surface area contributed by atoms with Gasteiger partial charge in [-0.1, -0.05) is 0 Å². The summed E-state index contributed by atoms with van der Waals surface area (Å²) in [7, 11) is 0. The SMILES string of the molecule is CC(O)C(N)C(=O)NC(CCC(N)=O)C(=O)NC(CCC(N)=O)C(=O)N1CCCC1C(=O)O. The van der Waals surface area contributed by atoms with E-state index >= 15 is 0 Å². The van der Waals surface area contributed by atoms with Crippen LogP contribution in [0.2, 0.25) is 0 Å². The van der Waals surface area contributed by atoms with Crippen molar-refractivity contribution in [3.63, 3.8) is 0 Å². The van der Waals surface area contributed by atoms with Crippen molar-refractivity contribution in [3.8, 4) is 0 Å². The van der Waals surface area contributed by atoms with Crippen molar-refractivity contribution in [3.05, 3.63) is 0 Å². The van der Waals surface area contributed by atoms with Crippen molar-refractivity contribution < 1.29 is 39.0 Å². The van der Waals surface area contributed by atoms with Crippen LogP contribution in [0.4, 0.5) is 0 Å². The van der Waals surface area contributed by atoms with Gasteiger partial charge in [-0.2, -0.15) is 0 Å². The first-order valence-electron chi connectivity index (χ1n) is 10.5. The van der Waals surface area contributed by atoms with E-state index in [1.165, 1.54) is 6.92 Å². The molecule has 5 amide bonds. The Kier molecular flexibility index (Phi) is 10.7. The van der Waals surface area contributed by atoms with Crippen molar-refractivity contribution in [2.75, 3.05) is 6.54 Å². The van der Waals surface area contributed by atoms with Gasteiger partial charge in [-0.25, -0.2) is 4.79 Å². The summed E-state index contributed by atoms with van der Waals surface area (Å²) in [6, 6.07) is -5.07. The monoisotopic (exact) mass is 472 g/mol. The van der Waals surface area contributed by atoms with E-state index in [-0.39, 0.29) is 38.6 Å². The topological polar surface area (TPSA) is 248 Å². The van der Waals surface area contributed by atoms with Crippen LogP contribution < -0.4 is 27.8 Å². The molecule has 0 radical (unpaired) electrons. The number of primary amides is 2. The molecular weight excluding hydrogens is 440 g/mol. The van der Waals surface area contributed by atoms with E-state index in [1.807, 2.05) is 0 Å². The largest absolute Gasteiger partial charge is 0.480 e. The number of carbonyl (C=O) groups is 6. The van der Waals surface area contributed by atoms with Crippen LogP contribution in [0.25, 0.3) is 0 Å². The number of nitrogens with zero attached hydrogens (tertiary/aromatic N) is 1. The van der Waals surface area contributed by atoms with E-state index in [1.54, 1.807) is 0 Å². The van der Waals surface area contributed by atoms with Crippen LogP contribution in [-0.4, -0.2) is 87.4 Å². The smallest absolute Gasteiger partial charge is 0.326 e. The average molecular weight is 472 g/mol. The Morgan fingerprint density at radius 3 is 1.97 bits per heavy atom. The maximum atomic E-state index is 13.0. The van der Waals surface area contributed by atoms with Crippen LogP contribution in [0.3, 0.4) is 0 Å². The van der Waals surface area contributed by atoms with Gasteiger partial charge in [-0.3, -0.25) is 24.0 Å². The number of aliphatic carboxylic acids is 1. The van der Waals surface area contributed by atoms with Crippen LogP contribution in [0, 0.1) is 0 Å². The number of carboxylic acids is 1. The molecule has 14 heteroatoms. The average Bonchev–Trinajstić information content (AvgIpc) is 3.22. The van der Waals surface area contributed by atoms with Gasteiger partial charge >= 0.3 is 5.97 Å². The molecule has 1 aliphatic rings. The van der Waals surface area contributed by atoms with Gasteiger partial charge in [0.05, 0.1) is 6.10 Å². The van der Waals surface area contributed by atoms with Gasteiger partial charge in [0.15, 0.2) is 0 Å². The van der Waals surface area contributed by atoms with E-state index in [0.717, 1.165) is 4.90 Å². The second kappa shape index (κ2) is 12.7. The molecule has 5 atom stereocenters. The number of rotatable bonds is 13. The van der Waals surface area contributed by atoms with Gasteiger partial charge in [0.25, 0.3) is 0 Å². The summed E-state index contributed by atoms with van der Waals surface area (Å²) in [5.74, 6) is -5.14. The van der Waals surface area contributed by atoms with Gasteiger partial charge in [0, 0.05) is 19.4 Å². The minimum Gasteiger partial charge on any atom is -0.480 e. The summed E-state index contributed by atoms with van der Waals surface area (Å²) in [5.41, 5.74) is 15.8. The number of hydrogen-bond acceptors (Lipinski definition) is 8. The molecule has 1 heterocycles. The highest BCUT2D eigenvalue weighted by atomic mass is 16.4. The highest BCUT2D eigenvalue weighted by Crippen LogP contribution is 2.19. The van der Waals surface area contributed by atoms with E-state index in [2.05, 4.69) is 10.6 Å². The maximum absolute atomic E-state index is 13.0. The maximum Gasteiger partial charge on any atom is 0.326 e. The highest BCUT2D eigenvalue weighted by Gasteiger charge is 2.38. The zero-order valence-corrected chi connectivity index (χ0v) is 18.4. The fourth-order valence-corrected chi connectivity index (χ4v) is 3.35. The van der Waals surface area contributed by atoms with Crippen molar-refractivity contribution in [2.24, 2.45) is 17.2 Å². The second-order valence-electron chi connectivity index (χ2n) is 7.93. The summed E-state index contributed by atoms with van der Waals surface area (Å²) in [4.78, 5) is 73.1. The Bertz CT molecular complexity index is 773.